The van der Waals surface area contributed by atoms with Crippen LogP contribution in [0.5, 0.6) is 5.75 Å². The molecule has 0 bridgehead atoms. The van der Waals surface area contributed by atoms with E-state index in [1.807, 2.05) is 12.1 Å². The molecule has 0 spiro atoms. The van der Waals surface area contributed by atoms with Crippen molar-refractivity contribution in [1.29, 1.82) is 0 Å². The Morgan fingerprint density at radius 2 is 1.88 bits per heavy atom. The lowest BCUT2D eigenvalue weighted by Crippen LogP contribution is -2.35. The Balaban J connectivity index is 1.50. The maximum atomic E-state index is 5.80. The van der Waals surface area contributed by atoms with Crippen molar-refractivity contribution in [3.8, 4) is 5.75 Å². The topological polar surface area (TPSA) is 68.7 Å². The summed E-state index contributed by atoms with van der Waals surface area (Å²) in [7, 11) is 1.63. The molecular weight excluding hydrogens is 314 g/mol. The molecule has 3 heterocycles. The smallest absolute Gasteiger partial charge is 0.240 e. The van der Waals surface area contributed by atoms with E-state index in [2.05, 4.69) is 45.3 Å². The second kappa shape index (κ2) is 6.63. The molecule has 6 heteroatoms. The lowest BCUT2D eigenvalue weighted by atomic mass is 9.90. The van der Waals surface area contributed by atoms with E-state index in [0.29, 0.717) is 11.4 Å². The lowest BCUT2D eigenvalue weighted by molar-refractivity contribution is 0.399. The Kier molecular flexibility index (Phi) is 4.17. The van der Waals surface area contributed by atoms with Gasteiger partial charge in [-0.2, -0.15) is 9.50 Å². The van der Waals surface area contributed by atoms with Crippen molar-refractivity contribution in [3.63, 3.8) is 0 Å². The summed E-state index contributed by atoms with van der Waals surface area (Å²) in [5, 5.41) is 4.35. The zero-order chi connectivity index (χ0) is 17.2. The molecule has 1 aromatic carbocycles. The van der Waals surface area contributed by atoms with E-state index in [0.717, 1.165) is 31.2 Å². The number of nitrogens with zero attached hydrogens (tertiary/aromatic N) is 4. The number of aromatic nitrogens is 3. The fraction of sp³-hybridized carbons (Fsp3) is 0.368. The molecule has 1 saturated heterocycles. The molecule has 3 aromatic rings. The summed E-state index contributed by atoms with van der Waals surface area (Å²) in [5.74, 6) is 2.71. The molecule has 1 fully saturated rings. The van der Waals surface area contributed by atoms with Crippen LogP contribution < -0.4 is 15.4 Å². The quantitative estimate of drug-likeness (QED) is 0.793. The fourth-order valence-electron chi connectivity index (χ4n) is 3.65. The Morgan fingerprint density at radius 1 is 1.12 bits per heavy atom. The zero-order valence-corrected chi connectivity index (χ0v) is 14.4. The average molecular weight is 337 g/mol. The molecule has 1 aliphatic rings. The molecule has 25 heavy (non-hydrogen) atoms. The molecule has 4 rings (SSSR count). The van der Waals surface area contributed by atoms with E-state index >= 15 is 0 Å². The first kappa shape index (κ1) is 15.7. The number of fused-ring (bicyclic) bond motifs is 1. The first-order chi connectivity index (χ1) is 12.2. The largest absolute Gasteiger partial charge is 0.493 e. The van der Waals surface area contributed by atoms with Crippen molar-refractivity contribution >= 4 is 17.4 Å². The van der Waals surface area contributed by atoms with Gasteiger partial charge in [0.2, 0.25) is 11.6 Å². The van der Waals surface area contributed by atoms with Gasteiger partial charge >= 0.3 is 0 Å². The molecule has 130 valence electrons. The Morgan fingerprint density at radius 3 is 2.60 bits per heavy atom. The van der Waals surface area contributed by atoms with Crippen molar-refractivity contribution in [2.75, 3.05) is 30.8 Å². The summed E-state index contributed by atoms with van der Waals surface area (Å²) in [5.41, 5.74) is 7.90. The van der Waals surface area contributed by atoms with Crippen molar-refractivity contribution in [2.45, 2.75) is 19.3 Å². The number of hydrogen-bond acceptors (Lipinski definition) is 5. The molecule has 2 aromatic heterocycles. The number of piperidine rings is 1. The standard InChI is InChI=1S/C19H23N5O/c1-25-16-7-8-17(24-18(16)21-19(20)22-24)23-11-9-15(10-12-23)13-14-5-3-2-4-6-14/h2-8,15H,9-13H2,1H3,(H2,20,22). The molecule has 0 saturated carbocycles. The van der Waals surface area contributed by atoms with E-state index in [4.69, 9.17) is 10.5 Å². The minimum absolute atomic E-state index is 0.268. The summed E-state index contributed by atoms with van der Waals surface area (Å²) in [6, 6.07) is 14.7. The third-order valence-electron chi connectivity index (χ3n) is 4.97. The van der Waals surface area contributed by atoms with Gasteiger partial charge in [0.25, 0.3) is 0 Å². The third-order valence-corrected chi connectivity index (χ3v) is 4.97. The second-order valence-corrected chi connectivity index (χ2v) is 6.59. The highest BCUT2D eigenvalue weighted by atomic mass is 16.5. The third kappa shape index (κ3) is 3.12. The van der Waals surface area contributed by atoms with Crippen LogP contribution in [0.1, 0.15) is 18.4 Å². The number of hydrogen-bond donors (Lipinski definition) is 1. The van der Waals surface area contributed by atoms with E-state index in [-0.39, 0.29) is 5.95 Å². The van der Waals surface area contributed by atoms with Crippen LogP contribution in [0.25, 0.3) is 5.65 Å². The predicted molar refractivity (Wildman–Crippen MR) is 99.0 cm³/mol. The monoisotopic (exact) mass is 337 g/mol. The molecule has 2 N–H and O–H groups in total. The maximum absolute atomic E-state index is 5.80. The Bertz CT molecular complexity index is 853. The van der Waals surface area contributed by atoms with Gasteiger partial charge in [0.1, 0.15) is 5.82 Å². The first-order valence-corrected chi connectivity index (χ1v) is 8.72. The number of nitrogens with two attached hydrogens (primary N) is 1. The molecule has 0 atom stereocenters. The maximum Gasteiger partial charge on any atom is 0.240 e. The number of ether oxygens (including phenoxy) is 1. The molecular formula is C19H23N5O. The first-order valence-electron chi connectivity index (χ1n) is 8.72. The number of rotatable bonds is 4. The fourth-order valence-corrected chi connectivity index (χ4v) is 3.65. The van der Waals surface area contributed by atoms with E-state index in [9.17, 15) is 0 Å². The molecule has 1 aliphatic heterocycles. The van der Waals surface area contributed by atoms with Crippen LogP contribution in [0.3, 0.4) is 0 Å². The van der Waals surface area contributed by atoms with Gasteiger partial charge in [-0.1, -0.05) is 30.3 Å². The van der Waals surface area contributed by atoms with Crippen molar-refractivity contribution in [3.05, 3.63) is 48.0 Å². The average Bonchev–Trinajstić information content (AvgIpc) is 3.04. The minimum atomic E-state index is 0.268. The molecule has 0 unspecified atom stereocenters. The van der Waals surface area contributed by atoms with Crippen LogP contribution in [-0.2, 0) is 6.42 Å². The summed E-state index contributed by atoms with van der Waals surface area (Å²) in [6.07, 6.45) is 3.50. The van der Waals surface area contributed by atoms with E-state index in [1.165, 1.54) is 18.4 Å². The Hall–Kier alpha value is -2.76. The molecule has 0 aliphatic carbocycles. The van der Waals surface area contributed by atoms with Gasteiger partial charge in [-0.15, -0.1) is 5.10 Å². The highest BCUT2D eigenvalue weighted by Crippen LogP contribution is 2.29. The lowest BCUT2D eigenvalue weighted by Gasteiger charge is -2.33. The van der Waals surface area contributed by atoms with Gasteiger partial charge in [-0.05, 0) is 42.9 Å². The van der Waals surface area contributed by atoms with Gasteiger partial charge in [0.15, 0.2) is 5.75 Å². The van der Waals surface area contributed by atoms with Crippen molar-refractivity contribution in [1.82, 2.24) is 14.6 Å². The minimum Gasteiger partial charge on any atom is -0.493 e. The normalized spacial score (nSPS) is 15.6. The number of benzene rings is 1. The second-order valence-electron chi connectivity index (χ2n) is 6.59. The van der Waals surface area contributed by atoms with Crippen LogP contribution >= 0.6 is 0 Å². The summed E-state index contributed by atoms with van der Waals surface area (Å²) < 4.78 is 7.17. The van der Waals surface area contributed by atoms with Gasteiger partial charge in [0.05, 0.1) is 7.11 Å². The highest BCUT2D eigenvalue weighted by Gasteiger charge is 2.22. The predicted octanol–water partition coefficient (Wildman–Crippen LogP) is 2.78. The van der Waals surface area contributed by atoms with Crippen LogP contribution in [0, 0.1) is 5.92 Å². The van der Waals surface area contributed by atoms with Gasteiger partial charge < -0.3 is 15.4 Å². The van der Waals surface area contributed by atoms with Gasteiger partial charge in [-0.25, -0.2) is 0 Å². The number of nitrogen functional groups attached to an aromatic ring is 1. The van der Waals surface area contributed by atoms with E-state index < -0.39 is 0 Å². The number of anilines is 2. The summed E-state index contributed by atoms with van der Waals surface area (Å²) in [4.78, 5) is 6.65. The number of methoxy groups -OCH3 is 1. The van der Waals surface area contributed by atoms with Crippen molar-refractivity contribution < 1.29 is 4.74 Å². The van der Waals surface area contributed by atoms with Crippen LogP contribution in [-0.4, -0.2) is 34.8 Å². The molecule has 0 radical (unpaired) electrons. The van der Waals surface area contributed by atoms with Crippen LogP contribution in [0.15, 0.2) is 42.5 Å². The van der Waals surface area contributed by atoms with E-state index in [1.54, 1.807) is 11.6 Å². The van der Waals surface area contributed by atoms with Gasteiger partial charge in [-0.3, -0.25) is 0 Å². The molecule has 6 nitrogen and oxygen atoms in total. The summed E-state index contributed by atoms with van der Waals surface area (Å²) >= 11 is 0. The molecule has 0 amide bonds. The highest BCUT2D eigenvalue weighted by molar-refractivity contribution is 5.61. The zero-order valence-electron chi connectivity index (χ0n) is 14.4. The summed E-state index contributed by atoms with van der Waals surface area (Å²) in [6.45, 7) is 2.03. The van der Waals surface area contributed by atoms with Crippen LogP contribution in [0.4, 0.5) is 11.8 Å². The Labute approximate surface area is 147 Å². The SMILES string of the molecule is COc1ccc(N2CCC(Cc3ccccc3)CC2)n2nc(N)nc12. The van der Waals surface area contributed by atoms with Crippen LogP contribution in [0.2, 0.25) is 0 Å². The van der Waals surface area contributed by atoms with Crippen molar-refractivity contribution in [2.24, 2.45) is 5.92 Å². The number of pyridine rings is 1. The van der Waals surface area contributed by atoms with Gasteiger partial charge in [0, 0.05) is 13.1 Å².